The Balaban J connectivity index is 1.66. The van der Waals surface area contributed by atoms with Crippen molar-refractivity contribution in [3.63, 3.8) is 0 Å². The Morgan fingerprint density at radius 1 is 1.00 bits per heavy atom. The Morgan fingerprint density at radius 2 is 1.78 bits per heavy atom. The first kappa shape index (κ1) is 29.1. The number of fused-ring (bicyclic) bond motifs is 1. The van der Waals surface area contributed by atoms with Crippen LogP contribution in [0.2, 0.25) is 0 Å². The van der Waals surface area contributed by atoms with Gasteiger partial charge in [-0.1, -0.05) is 6.07 Å². The first-order chi connectivity index (χ1) is 19.7. The number of anilines is 2. The molecule has 4 rings (SSSR count). The summed E-state index contributed by atoms with van der Waals surface area (Å²) in [7, 11) is 4.17. The fourth-order valence-corrected chi connectivity index (χ4v) is 4.60. The highest BCUT2D eigenvalue weighted by atomic mass is 32.2. The molecule has 0 bridgehead atoms. The number of hydrogen-bond donors (Lipinski definition) is 3. The summed E-state index contributed by atoms with van der Waals surface area (Å²) in [6.45, 7) is -0.189. The van der Waals surface area contributed by atoms with Crippen LogP contribution in [0.4, 0.5) is 16.3 Å². The molecule has 4 N–H and O–H groups in total. The van der Waals surface area contributed by atoms with Gasteiger partial charge < -0.3 is 34.6 Å². The number of carbonyl (C=O) groups excluding carboxylic acids is 2. The number of aromatic nitrogens is 1. The third-order valence-corrected chi connectivity index (χ3v) is 6.85. The maximum atomic E-state index is 13.6. The second-order valence-corrected chi connectivity index (χ2v) is 9.49. The van der Waals surface area contributed by atoms with E-state index in [4.69, 9.17) is 19.9 Å². The SMILES string of the molecule is COC(=O)Nc1ccc(S(=O)[O-])c(CNC(=O)C(Oc2ccc3c(N)nccc3c2)c2ccc(OC)c(OC)c2)c1. The molecule has 1 aromatic heterocycles. The van der Waals surface area contributed by atoms with E-state index in [2.05, 4.69) is 20.4 Å². The number of nitrogen functional groups attached to an aromatic ring is 1. The Bertz CT molecular complexity index is 1610. The molecule has 41 heavy (non-hydrogen) atoms. The van der Waals surface area contributed by atoms with Crippen molar-refractivity contribution in [2.24, 2.45) is 0 Å². The fraction of sp³-hybridized carbons (Fsp3) is 0.179. The zero-order chi connectivity index (χ0) is 29.5. The lowest BCUT2D eigenvalue weighted by molar-refractivity contribution is -0.128. The zero-order valence-electron chi connectivity index (χ0n) is 22.3. The molecule has 4 aromatic rings. The number of amides is 2. The van der Waals surface area contributed by atoms with Gasteiger partial charge in [-0.3, -0.25) is 14.3 Å². The van der Waals surface area contributed by atoms with Gasteiger partial charge in [-0.15, -0.1) is 0 Å². The van der Waals surface area contributed by atoms with Crippen molar-refractivity contribution in [2.45, 2.75) is 17.5 Å². The predicted molar refractivity (Wildman–Crippen MR) is 151 cm³/mol. The molecule has 0 fully saturated rings. The monoisotopic (exact) mass is 579 g/mol. The second kappa shape index (κ2) is 13.0. The Kier molecular flexibility index (Phi) is 9.22. The van der Waals surface area contributed by atoms with Crippen LogP contribution in [0.1, 0.15) is 17.2 Å². The van der Waals surface area contributed by atoms with Crippen molar-refractivity contribution in [3.8, 4) is 17.2 Å². The highest BCUT2D eigenvalue weighted by Crippen LogP contribution is 2.33. The molecule has 3 aromatic carbocycles. The van der Waals surface area contributed by atoms with Crippen LogP contribution in [-0.4, -0.2) is 47.1 Å². The Labute approximate surface area is 238 Å². The summed E-state index contributed by atoms with van der Waals surface area (Å²) in [6, 6.07) is 16.0. The number of nitrogens with zero attached hydrogens (tertiary/aromatic N) is 1. The van der Waals surface area contributed by atoms with E-state index in [9.17, 15) is 18.4 Å². The van der Waals surface area contributed by atoms with Crippen LogP contribution in [0.15, 0.2) is 71.8 Å². The minimum atomic E-state index is -2.60. The summed E-state index contributed by atoms with van der Waals surface area (Å²) in [5.41, 5.74) is 6.93. The van der Waals surface area contributed by atoms with Crippen molar-refractivity contribution in [1.82, 2.24) is 10.3 Å². The van der Waals surface area contributed by atoms with Crippen molar-refractivity contribution >= 4 is 45.4 Å². The summed E-state index contributed by atoms with van der Waals surface area (Å²) in [6.07, 6.45) is -0.337. The summed E-state index contributed by atoms with van der Waals surface area (Å²) in [5, 5.41) is 6.70. The van der Waals surface area contributed by atoms with Crippen molar-refractivity contribution in [1.29, 1.82) is 0 Å². The molecule has 0 aliphatic carbocycles. The molecule has 12 nitrogen and oxygen atoms in total. The largest absolute Gasteiger partial charge is 0.768 e. The molecule has 0 aliphatic rings. The Hall–Kier alpha value is -4.88. The van der Waals surface area contributed by atoms with Crippen LogP contribution in [0.25, 0.3) is 10.8 Å². The minimum Gasteiger partial charge on any atom is -0.768 e. The molecular weight excluding hydrogens is 552 g/mol. The van der Waals surface area contributed by atoms with Crippen LogP contribution >= 0.6 is 0 Å². The van der Waals surface area contributed by atoms with Crippen molar-refractivity contribution in [3.05, 3.63) is 78.0 Å². The average Bonchev–Trinajstić information content (AvgIpc) is 2.98. The third kappa shape index (κ3) is 6.83. The van der Waals surface area contributed by atoms with Gasteiger partial charge in [-0.2, -0.15) is 0 Å². The second-order valence-electron chi connectivity index (χ2n) is 8.58. The summed E-state index contributed by atoms with van der Waals surface area (Å²) in [5.74, 6) is 1.01. The molecule has 0 saturated carbocycles. The normalized spacial score (nSPS) is 12.2. The molecule has 2 amide bonds. The molecule has 2 atom stereocenters. The Morgan fingerprint density at radius 3 is 2.49 bits per heavy atom. The quantitative estimate of drug-likeness (QED) is 0.235. The van der Waals surface area contributed by atoms with E-state index in [0.29, 0.717) is 28.6 Å². The maximum absolute atomic E-state index is 13.6. The molecule has 0 aliphatic heterocycles. The molecular formula is C28H27N4O8S-. The van der Waals surface area contributed by atoms with E-state index in [0.717, 1.165) is 10.8 Å². The number of nitrogens with one attached hydrogen (secondary N) is 2. The fourth-order valence-electron chi connectivity index (χ4n) is 4.08. The lowest BCUT2D eigenvalue weighted by Gasteiger charge is -2.21. The van der Waals surface area contributed by atoms with Gasteiger partial charge in [0.05, 0.1) is 21.3 Å². The number of methoxy groups -OCH3 is 3. The molecule has 0 spiro atoms. The van der Waals surface area contributed by atoms with Crippen LogP contribution < -0.4 is 30.6 Å². The van der Waals surface area contributed by atoms with Gasteiger partial charge in [0.1, 0.15) is 11.6 Å². The number of carbonyl (C=O) groups is 2. The lowest BCUT2D eigenvalue weighted by atomic mass is 10.1. The van der Waals surface area contributed by atoms with Gasteiger partial charge in [0.2, 0.25) is 6.10 Å². The highest BCUT2D eigenvalue weighted by molar-refractivity contribution is 7.79. The number of rotatable bonds is 10. The number of pyridine rings is 1. The van der Waals surface area contributed by atoms with E-state index < -0.39 is 29.2 Å². The highest BCUT2D eigenvalue weighted by Gasteiger charge is 2.25. The zero-order valence-corrected chi connectivity index (χ0v) is 23.2. The van der Waals surface area contributed by atoms with Gasteiger partial charge in [0.15, 0.2) is 11.5 Å². The van der Waals surface area contributed by atoms with Crippen molar-refractivity contribution in [2.75, 3.05) is 32.4 Å². The standard InChI is InChI=1S/C28H28N4O8S/c1-37-22-8-4-17(14-23(22)38-2)25(40-20-6-7-21-16(13-20)10-11-30-26(21)29)27(33)31-15-18-12-19(32-28(34)39-3)5-9-24(18)41(35)36/h4-14,25H,15H2,1-3H3,(H2,29,30)(H,31,33)(H,32,34)(H,35,36)/p-1. The number of nitrogens with two attached hydrogens (primary N) is 1. The van der Waals surface area contributed by atoms with E-state index >= 15 is 0 Å². The molecule has 1 heterocycles. The molecule has 0 radical (unpaired) electrons. The van der Waals surface area contributed by atoms with Crippen LogP contribution in [0.5, 0.6) is 17.2 Å². The molecule has 2 unspecified atom stereocenters. The topological polar surface area (TPSA) is 174 Å². The average molecular weight is 580 g/mol. The summed E-state index contributed by atoms with van der Waals surface area (Å²) in [4.78, 5) is 29.3. The van der Waals surface area contributed by atoms with Gasteiger partial charge in [-0.25, -0.2) is 9.78 Å². The van der Waals surface area contributed by atoms with Crippen LogP contribution in [0, 0.1) is 0 Å². The third-order valence-electron chi connectivity index (χ3n) is 6.09. The molecule has 0 saturated heterocycles. The smallest absolute Gasteiger partial charge is 0.411 e. The van der Waals surface area contributed by atoms with E-state index in [1.165, 1.54) is 39.5 Å². The van der Waals surface area contributed by atoms with Crippen LogP contribution in [0.3, 0.4) is 0 Å². The lowest BCUT2D eigenvalue weighted by Crippen LogP contribution is -2.32. The number of ether oxygens (including phenoxy) is 4. The summed E-state index contributed by atoms with van der Waals surface area (Å²) >= 11 is -2.60. The van der Waals surface area contributed by atoms with Gasteiger partial charge in [0.25, 0.3) is 5.91 Å². The predicted octanol–water partition coefficient (Wildman–Crippen LogP) is 3.69. The summed E-state index contributed by atoms with van der Waals surface area (Å²) < 4.78 is 45.1. The number of benzene rings is 3. The van der Waals surface area contributed by atoms with Crippen LogP contribution in [-0.2, 0) is 27.2 Å². The molecule has 214 valence electrons. The van der Waals surface area contributed by atoms with E-state index in [1.54, 1.807) is 48.7 Å². The maximum Gasteiger partial charge on any atom is 0.411 e. The van der Waals surface area contributed by atoms with Gasteiger partial charge in [-0.05, 0) is 76.6 Å². The van der Waals surface area contributed by atoms with E-state index in [-0.39, 0.29) is 22.7 Å². The van der Waals surface area contributed by atoms with Gasteiger partial charge in [0, 0.05) is 34.3 Å². The molecule has 13 heteroatoms. The minimum absolute atomic E-state index is 0.0509. The first-order valence-electron chi connectivity index (χ1n) is 12.1. The van der Waals surface area contributed by atoms with Gasteiger partial charge >= 0.3 is 6.09 Å². The van der Waals surface area contributed by atoms with E-state index in [1.807, 2.05) is 0 Å². The number of hydrogen-bond acceptors (Lipinski definition) is 10. The van der Waals surface area contributed by atoms with Crippen molar-refractivity contribution < 1.29 is 37.3 Å². The first-order valence-corrected chi connectivity index (χ1v) is 13.2.